The van der Waals surface area contributed by atoms with Crippen molar-refractivity contribution in [3.63, 3.8) is 0 Å². The second-order valence-corrected chi connectivity index (χ2v) is 9.55. The van der Waals surface area contributed by atoms with E-state index >= 15 is 0 Å². The van der Waals surface area contributed by atoms with E-state index in [0.29, 0.717) is 30.4 Å². The average molecular weight is 477 g/mol. The van der Waals surface area contributed by atoms with E-state index in [1.807, 2.05) is 50.2 Å². The van der Waals surface area contributed by atoms with Gasteiger partial charge < -0.3 is 19.6 Å². The number of Topliss-reactive ketones (excluding diaryl/α,β-unsaturated/α-hetero) is 1. The van der Waals surface area contributed by atoms with Crippen molar-refractivity contribution in [2.24, 2.45) is 0 Å². The van der Waals surface area contributed by atoms with E-state index in [1.165, 1.54) is 5.56 Å². The van der Waals surface area contributed by atoms with E-state index in [4.69, 9.17) is 4.74 Å². The van der Waals surface area contributed by atoms with Gasteiger partial charge in [0.2, 0.25) is 0 Å². The highest BCUT2D eigenvalue weighted by atomic mass is 16.5. The van der Waals surface area contributed by atoms with Gasteiger partial charge in [-0.15, -0.1) is 0 Å². The van der Waals surface area contributed by atoms with Crippen molar-refractivity contribution in [2.75, 3.05) is 33.8 Å². The second kappa shape index (κ2) is 11.4. The summed E-state index contributed by atoms with van der Waals surface area (Å²) in [5.41, 5.74) is 3.39. The molecule has 0 radical (unpaired) electrons. The SMILES string of the molecule is C=CCOc1ccc(C(O)=C2C(=O)C(=O)N(CCCN(C)C)C2c2ccc(C(C)C)cc2)cc1C. The molecular weight excluding hydrogens is 440 g/mol. The zero-order valence-corrected chi connectivity index (χ0v) is 21.4. The summed E-state index contributed by atoms with van der Waals surface area (Å²) >= 11 is 0. The van der Waals surface area contributed by atoms with Crippen LogP contribution in [0.25, 0.3) is 5.76 Å². The Morgan fingerprint density at radius 2 is 1.86 bits per heavy atom. The van der Waals surface area contributed by atoms with Gasteiger partial charge >= 0.3 is 0 Å². The summed E-state index contributed by atoms with van der Waals surface area (Å²) in [5.74, 6) is -0.373. The fourth-order valence-corrected chi connectivity index (χ4v) is 4.34. The number of ketones is 1. The predicted octanol–water partition coefficient (Wildman–Crippen LogP) is 5.06. The normalized spacial score (nSPS) is 17.5. The number of carbonyl (C=O) groups excluding carboxylic acids is 2. The molecule has 1 atom stereocenters. The molecule has 3 rings (SSSR count). The number of nitrogens with zero attached hydrogens (tertiary/aromatic N) is 2. The number of carbonyl (C=O) groups is 2. The number of hydrogen-bond acceptors (Lipinski definition) is 5. The van der Waals surface area contributed by atoms with E-state index in [9.17, 15) is 14.7 Å². The number of ether oxygens (including phenoxy) is 1. The first-order valence-electron chi connectivity index (χ1n) is 12.0. The topological polar surface area (TPSA) is 70.1 Å². The fraction of sp³-hybridized carbons (Fsp3) is 0.379. The molecule has 1 N–H and O–H groups in total. The monoisotopic (exact) mass is 476 g/mol. The summed E-state index contributed by atoms with van der Waals surface area (Å²) in [6.45, 7) is 11.3. The molecule has 0 spiro atoms. The number of benzene rings is 2. The van der Waals surface area contributed by atoms with E-state index in [-0.39, 0.29) is 11.3 Å². The van der Waals surface area contributed by atoms with E-state index in [2.05, 4.69) is 20.4 Å². The van der Waals surface area contributed by atoms with Crippen LogP contribution in [-0.2, 0) is 9.59 Å². The third-order valence-electron chi connectivity index (χ3n) is 6.27. The lowest BCUT2D eigenvalue weighted by molar-refractivity contribution is -0.139. The van der Waals surface area contributed by atoms with Gasteiger partial charge in [-0.1, -0.05) is 50.8 Å². The first kappa shape index (κ1) is 26.2. The molecule has 0 saturated carbocycles. The van der Waals surface area contributed by atoms with Crippen molar-refractivity contribution in [2.45, 2.75) is 39.2 Å². The standard InChI is InChI=1S/C29H36N2O4/c1-7-17-35-24-14-13-23(18-20(24)4)27(32)25-26(22-11-9-21(10-12-22)19(2)3)31(29(34)28(25)33)16-8-15-30(5)6/h7,9-14,18-19,26,32H,1,8,15-17H2,2-6H3. The molecule has 1 heterocycles. The number of aliphatic hydroxyl groups is 1. The Morgan fingerprint density at radius 3 is 2.43 bits per heavy atom. The Hall–Kier alpha value is -3.38. The zero-order valence-electron chi connectivity index (χ0n) is 21.4. The van der Waals surface area contributed by atoms with Gasteiger partial charge in [0.15, 0.2) is 0 Å². The molecule has 1 aliphatic rings. The Balaban J connectivity index is 2.07. The van der Waals surface area contributed by atoms with Crippen LogP contribution in [0.2, 0.25) is 0 Å². The maximum Gasteiger partial charge on any atom is 0.295 e. The Kier molecular flexibility index (Phi) is 8.52. The van der Waals surface area contributed by atoms with Crippen molar-refractivity contribution in [1.82, 2.24) is 9.80 Å². The number of likely N-dealkylation sites (tertiary alicyclic amines) is 1. The third kappa shape index (κ3) is 5.82. The highest BCUT2D eigenvalue weighted by molar-refractivity contribution is 6.46. The summed E-state index contributed by atoms with van der Waals surface area (Å²) in [6.07, 6.45) is 2.38. The van der Waals surface area contributed by atoms with Crippen LogP contribution < -0.4 is 4.74 Å². The lowest BCUT2D eigenvalue weighted by Gasteiger charge is -2.26. The molecule has 0 aromatic heterocycles. The van der Waals surface area contributed by atoms with Crippen molar-refractivity contribution >= 4 is 17.4 Å². The van der Waals surface area contributed by atoms with Crippen LogP contribution in [0.3, 0.4) is 0 Å². The lowest BCUT2D eigenvalue weighted by atomic mass is 9.93. The number of aliphatic hydroxyl groups excluding tert-OH is 1. The van der Waals surface area contributed by atoms with Gasteiger partial charge in [0.05, 0.1) is 11.6 Å². The maximum absolute atomic E-state index is 13.2. The smallest absolute Gasteiger partial charge is 0.295 e. The summed E-state index contributed by atoms with van der Waals surface area (Å²) in [4.78, 5) is 30.0. The molecule has 2 aromatic carbocycles. The van der Waals surface area contributed by atoms with Gasteiger partial charge in [-0.2, -0.15) is 0 Å². The Morgan fingerprint density at radius 1 is 1.17 bits per heavy atom. The lowest BCUT2D eigenvalue weighted by Crippen LogP contribution is -2.32. The highest BCUT2D eigenvalue weighted by Gasteiger charge is 2.45. The summed E-state index contributed by atoms with van der Waals surface area (Å²) in [7, 11) is 3.95. The van der Waals surface area contributed by atoms with Crippen LogP contribution in [0.15, 0.2) is 60.7 Å². The Bertz CT molecular complexity index is 1120. The molecule has 1 saturated heterocycles. The maximum atomic E-state index is 13.2. The van der Waals surface area contributed by atoms with Crippen molar-refractivity contribution < 1.29 is 19.4 Å². The number of aryl methyl sites for hydroxylation is 1. The molecule has 1 amide bonds. The molecule has 2 aromatic rings. The van der Waals surface area contributed by atoms with Crippen LogP contribution in [0, 0.1) is 6.92 Å². The van der Waals surface area contributed by atoms with E-state index in [1.54, 1.807) is 29.2 Å². The predicted molar refractivity (Wildman–Crippen MR) is 140 cm³/mol. The van der Waals surface area contributed by atoms with Crippen molar-refractivity contribution in [1.29, 1.82) is 0 Å². The van der Waals surface area contributed by atoms with Gasteiger partial charge in [-0.3, -0.25) is 9.59 Å². The second-order valence-electron chi connectivity index (χ2n) is 9.55. The fourth-order valence-electron chi connectivity index (χ4n) is 4.34. The van der Waals surface area contributed by atoms with Gasteiger partial charge in [-0.25, -0.2) is 0 Å². The number of hydrogen-bond donors (Lipinski definition) is 1. The van der Waals surface area contributed by atoms with Gasteiger partial charge in [0, 0.05) is 12.1 Å². The largest absolute Gasteiger partial charge is 0.507 e. The van der Waals surface area contributed by atoms with Crippen LogP contribution in [0.1, 0.15) is 54.5 Å². The summed E-state index contributed by atoms with van der Waals surface area (Å²) in [5, 5.41) is 11.3. The van der Waals surface area contributed by atoms with Crippen molar-refractivity contribution in [3.05, 3.63) is 82.9 Å². The van der Waals surface area contributed by atoms with Crippen LogP contribution in [0.4, 0.5) is 0 Å². The van der Waals surface area contributed by atoms with Gasteiger partial charge in [0.1, 0.15) is 18.1 Å². The molecule has 6 heteroatoms. The summed E-state index contributed by atoms with van der Waals surface area (Å²) < 4.78 is 5.64. The van der Waals surface area contributed by atoms with Crippen molar-refractivity contribution in [3.8, 4) is 5.75 Å². The Labute approximate surface area is 208 Å². The third-order valence-corrected chi connectivity index (χ3v) is 6.27. The van der Waals surface area contributed by atoms with Crippen LogP contribution in [-0.4, -0.2) is 60.4 Å². The average Bonchev–Trinajstić information content (AvgIpc) is 3.07. The van der Waals surface area contributed by atoms with Crippen LogP contribution in [0.5, 0.6) is 5.75 Å². The minimum Gasteiger partial charge on any atom is -0.507 e. The minimum atomic E-state index is -0.657. The first-order valence-corrected chi connectivity index (χ1v) is 12.0. The number of rotatable bonds is 10. The molecular formula is C29H36N2O4. The molecule has 6 nitrogen and oxygen atoms in total. The highest BCUT2D eigenvalue weighted by Crippen LogP contribution is 2.40. The zero-order chi connectivity index (χ0) is 25.7. The van der Waals surface area contributed by atoms with E-state index < -0.39 is 17.7 Å². The summed E-state index contributed by atoms with van der Waals surface area (Å²) in [6, 6.07) is 12.5. The van der Waals surface area contributed by atoms with Gasteiger partial charge in [0.25, 0.3) is 11.7 Å². The first-order chi connectivity index (χ1) is 16.6. The number of amides is 1. The molecule has 186 valence electrons. The van der Waals surface area contributed by atoms with Crippen LogP contribution >= 0.6 is 0 Å². The minimum absolute atomic E-state index is 0.122. The molecule has 1 unspecified atom stereocenters. The quantitative estimate of drug-likeness (QED) is 0.225. The van der Waals surface area contributed by atoms with E-state index in [0.717, 1.165) is 24.1 Å². The van der Waals surface area contributed by atoms with Gasteiger partial charge in [-0.05, 0) is 74.8 Å². The molecule has 1 aliphatic heterocycles. The molecule has 1 fully saturated rings. The molecule has 35 heavy (non-hydrogen) atoms. The molecule has 0 aliphatic carbocycles. The molecule has 0 bridgehead atoms.